The monoisotopic (exact) mass is 255 g/mol. The van der Waals surface area contributed by atoms with Crippen molar-refractivity contribution in [1.29, 1.82) is 0 Å². The molecule has 0 radical (unpaired) electrons. The summed E-state index contributed by atoms with van der Waals surface area (Å²) in [6.07, 6.45) is 0. The van der Waals surface area contributed by atoms with Gasteiger partial charge in [-0.3, -0.25) is 14.9 Å². The lowest BCUT2D eigenvalue weighted by Gasteiger charge is -2.19. The van der Waals surface area contributed by atoms with E-state index in [0.717, 1.165) is 0 Å². The fourth-order valence-electron chi connectivity index (χ4n) is 1.40. The lowest BCUT2D eigenvalue weighted by atomic mass is 10.1. The van der Waals surface area contributed by atoms with Crippen LogP contribution in [0.3, 0.4) is 0 Å². The topological polar surface area (TPSA) is 98.3 Å². The van der Waals surface area contributed by atoms with Gasteiger partial charge in [0.15, 0.2) is 0 Å². The number of nitrogens with one attached hydrogen (secondary N) is 1. The third-order valence-electron chi connectivity index (χ3n) is 2.10. The standard InChI is InChI=1S/C11H17N3O4/c1-6(2)9-8(14(16)17)7(13-18-9)10(15)12-11(3,4)5/h6H,1-5H3,(H,12,15). The highest BCUT2D eigenvalue weighted by Gasteiger charge is 2.34. The molecular weight excluding hydrogens is 238 g/mol. The second-order valence-corrected chi connectivity index (χ2v) is 5.36. The van der Waals surface area contributed by atoms with Crippen molar-refractivity contribution in [3.8, 4) is 0 Å². The number of amides is 1. The smallest absolute Gasteiger partial charge is 0.344 e. The normalized spacial score (nSPS) is 11.7. The first-order valence-corrected chi connectivity index (χ1v) is 5.60. The van der Waals surface area contributed by atoms with Crippen LogP contribution in [0.25, 0.3) is 0 Å². The SMILES string of the molecule is CC(C)c1onc(C(=O)NC(C)(C)C)c1[N+](=O)[O-]. The van der Waals surface area contributed by atoms with Gasteiger partial charge in [-0.1, -0.05) is 19.0 Å². The zero-order valence-electron chi connectivity index (χ0n) is 11.1. The van der Waals surface area contributed by atoms with Crippen LogP contribution in [0.1, 0.15) is 56.8 Å². The van der Waals surface area contributed by atoms with Crippen molar-refractivity contribution in [2.75, 3.05) is 0 Å². The molecular formula is C11H17N3O4. The van der Waals surface area contributed by atoms with Crippen molar-refractivity contribution in [3.63, 3.8) is 0 Å². The first kappa shape index (κ1) is 14.1. The summed E-state index contributed by atoms with van der Waals surface area (Å²) in [5, 5.41) is 17.1. The average Bonchev–Trinajstić information content (AvgIpc) is 2.58. The molecule has 0 spiro atoms. The summed E-state index contributed by atoms with van der Waals surface area (Å²) in [4.78, 5) is 22.3. The second kappa shape index (κ2) is 4.75. The molecule has 1 aromatic heterocycles. The molecule has 1 rings (SSSR count). The Hall–Kier alpha value is -1.92. The van der Waals surface area contributed by atoms with E-state index in [-0.39, 0.29) is 23.1 Å². The van der Waals surface area contributed by atoms with Crippen molar-refractivity contribution in [2.45, 2.75) is 46.1 Å². The van der Waals surface area contributed by atoms with Gasteiger partial charge >= 0.3 is 5.69 Å². The maximum Gasteiger partial charge on any atom is 0.344 e. The molecule has 0 aliphatic heterocycles. The number of hydrogen-bond acceptors (Lipinski definition) is 5. The quantitative estimate of drug-likeness (QED) is 0.659. The Morgan fingerprint density at radius 1 is 1.44 bits per heavy atom. The van der Waals surface area contributed by atoms with Crippen LogP contribution in [0.15, 0.2) is 4.52 Å². The van der Waals surface area contributed by atoms with Gasteiger partial charge in [0.05, 0.1) is 4.92 Å². The first-order valence-electron chi connectivity index (χ1n) is 5.60. The van der Waals surface area contributed by atoms with Crippen LogP contribution in [0, 0.1) is 10.1 Å². The Balaban J connectivity index is 3.18. The van der Waals surface area contributed by atoms with E-state index in [9.17, 15) is 14.9 Å². The van der Waals surface area contributed by atoms with Gasteiger partial charge in [-0.15, -0.1) is 0 Å². The molecule has 1 heterocycles. The van der Waals surface area contributed by atoms with Gasteiger partial charge in [0.1, 0.15) is 0 Å². The van der Waals surface area contributed by atoms with Crippen molar-refractivity contribution in [3.05, 3.63) is 21.6 Å². The van der Waals surface area contributed by atoms with E-state index in [0.29, 0.717) is 0 Å². The second-order valence-electron chi connectivity index (χ2n) is 5.36. The third-order valence-corrected chi connectivity index (χ3v) is 2.10. The van der Waals surface area contributed by atoms with Crippen molar-refractivity contribution < 1.29 is 14.2 Å². The molecule has 1 N–H and O–H groups in total. The van der Waals surface area contributed by atoms with Gasteiger partial charge in [0, 0.05) is 11.5 Å². The van der Waals surface area contributed by atoms with Crippen molar-refractivity contribution in [1.82, 2.24) is 10.5 Å². The molecule has 0 atom stereocenters. The largest absolute Gasteiger partial charge is 0.353 e. The Morgan fingerprint density at radius 2 is 2.00 bits per heavy atom. The zero-order chi connectivity index (χ0) is 14.1. The van der Waals surface area contributed by atoms with Gasteiger partial charge in [-0.2, -0.15) is 0 Å². The van der Waals surface area contributed by atoms with E-state index < -0.39 is 16.4 Å². The van der Waals surface area contributed by atoms with Gasteiger partial charge < -0.3 is 9.84 Å². The van der Waals surface area contributed by atoms with E-state index in [2.05, 4.69) is 10.5 Å². The molecule has 0 unspecified atom stereocenters. The molecule has 0 bridgehead atoms. The van der Waals surface area contributed by atoms with Crippen LogP contribution in [0.5, 0.6) is 0 Å². The van der Waals surface area contributed by atoms with Crippen LogP contribution >= 0.6 is 0 Å². The molecule has 1 amide bonds. The molecule has 0 aliphatic carbocycles. The Bertz CT molecular complexity index is 471. The van der Waals surface area contributed by atoms with Gasteiger partial charge in [-0.25, -0.2) is 0 Å². The van der Waals surface area contributed by atoms with Crippen LogP contribution in [-0.4, -0.2) is 21.5 Å². The summed E-state index contributed by atoms with van der Waals surface area (Å²) in [5.41, 5.74) is -1.13. The van der Waals surface area contributed by atoms with E-state index >= 15 is 0 Å². The number of aromatic nitrogens is 1. The molecule has 7 heteroatoms. The lowest BCUT2D eigenvalue weighted by molar-refractivity contribution is -0.386. The van der Waals surface area contributed by atoms with E-state index in [1.165, 1.54) is 0 Å². The summed E-state index contributed by atoms with van der Waals surface area (Å²) in [7, 11) is 0. The van der Waals surface area contributed by atoms with Crippen molar-refractivity contribution in [2.24, 2.45) is 0 Å². The fourth-order valence-corrected chi connectivity index (χ4v) is 1.40. The van der Waals surface area contributed by atoms with Crippen molar-refractivity contribution >= 4 is 11.6 Å². The third kappa shape index (κ3) is 3.06. The van der Waals surface area contributed by atoms with Crippen LogP contribution in [-0.2, 0) is 0 Å². The van der Waals surface area contributed by atoms with Gasteiger partial charge in [-0.05, 0) is 20.8 Å². The molecule has 18 heavy (non-hydrogen) atoms. The minimum absolute atomic E-state index is 0.110. The first-order chi connectivity index (χ1) is 8.13. The van der Waals surface area contributed by atoms with E-state index in [1.54, 1.807) is 34.6 Å². The van der Waals surface area contributed by atoms with Gasteiger partial charge in [0.2, 0.25) is 11.5 Å². The summed E-state index contributed by atoms with van der Waals surface area (Å²) in [6.45, 7) is 8.80. The highest BCUT2D eigenvalue weighted by molar-refractivity contribution is 5.96. The molecule has 1 aromatic rings. The predicted octanol–water partition coefficient (Wildman–Crippen LogP) is 2.23. The summed E-state index contributed by atoms with van der Waals surface area (Å²) in [6, 6.07) is 0. The Labute approximate surface area is 105 Å². The Morgan fingerprint density at radius 3 is 2.39 bits per heavy atom. The van der Waals surface area contributed by atoms with Crippen LogP contribution < -0.4 is 5.32 Å². The number of carbonyl (C=O) groups is 1. The maximum atomic E-state index is 11.9. The summed E-state index contributed by atoms with van der Waals surface area (Å²) < 4.78 is 4.90. The molecule has 0 fully saturated rings. The van der Waals surface area contributed by atoms with E-state index in [1.807, 2.05) is 0 Å². The maximum absolute atomic E-state index is 11.9. The lowest BCUT2D eigenvalue weighted by Crippen LogP contribution is -2.40. The molecule has 0 saturated carbocycles. The minimum Gasteiger partial charge on any atom is -0.353 e. The number of carbonyl (C=O) groups excluding carboxylic acids is 1. The fraction of sp³-hybridized carbons (Fsp3) is 0.636. The highest BCUT2D eigenvalue weighted by Crippen LogP contribution is 2.29. The molecule has 0 aliphatic rings. The number of nitrogens with zero attached hydrogens (tertiary/aromatic N) is 2. The molecule has 0 aromatic carbocycles. The predicted molar refractivity (Wildman–Crippen MR) is 64.5 cm³/mol. The summed E-state index contributed by atoms with van der Waals surface area (Å²) in [5.74, 6) is -0.710. The summed E-state index contributed by atoms with van der Waals surface area (Å²) >= 11 is 0. The molecule has 0 saturated heterocycles. The number of hydrogen-bond donors (Lipinski definition) is 1. The van der Waals surface area contributed by atoms with E-state index in [4.69, 9.17) is 4.52 Å². The number of rotatable bonds is 3. The number of nitro groups is 1. The van der Waals surface area contributed by atoms with Crippen LogP contribution in [0.2, 0.25) is 0 Å². The zero-order valence-corrected chi connectivity index (χ0v) is 11.1. The van der Waals surface area contributed by atoms with Crippen LogP contribution in [0.4, 0.5) is 5.69 Å². The molecule has 7 nitrogen and oxygen atoms in total. The molecule has 100 valence electrons. The average molecular weight is 255 g/mol. The van der Waals surface area contributed by atoms with Gasteiger partial charge in [0.25, 0.3) is 5.91 Å². The highest BCUT2D eigenvalue weighted by atomic mass is 16.6. The minimum atomic E-state index is -0.636. The Kier molecular flexibility index (Phi) is 3.73.